The first kappa shape index (κ1) is 20.6. The summed E-state index contributed by atoms with van der Waals surface area (Å²) in [6, 6.07) is 10.4. The van der Waals surface area contributed by atoms with E-state index in [2.05, 4.69) is 16.6 Å². The van der Waals surface area contributed by atoms with E-state index in [1.807, 2.05) is 0 Å². The van der Waals surface area contributed by atoms with Gasteiger partial charge in [0.05, 0.1) is 24.1 Å². The molecule has 0 unspecified atom stereocenters. The summed E-state index contributed by atoms with van der Waals surface area (Å²) in [5, 5.41) is 0. The lowest BCUT2D eigenvalue weighted by Gasteiger charge is -2.08. The Balaban J connectivity index is 1.87. The van der Waals surface area contributed by atoms with Crippen LogP contribution in [0.2, 0.25) is 0 Å². The Kier molecular flexibility index (Phi) is 6.71. The van der Waals surface area contributed by atoms with Gasteiger partial charge in [-0.15, -0.1) is 0 Å². The van der Waals surface area contributed by atoms with E-state index in [1.165, 1.54) is 31.4 Å². The maximum atomic E-state index is 12.6. The van der Waals surface area contributed by atoms with Gasteiger partial charge in [0.1, 0.15) is 18.1 Å². The van der Waals surface area contributed by atoms with Crippen molar-refractivity contribution in [2.45, 2.75) is 11.1 Å². The van der Waals surface area contributed by atoms with Crippen molar-refractivity contribution in [2.75, 3.05) is 20.3 Å². The van der Waals surface area contributed by atoms with Crippen molar-refractivity contribution in [1.29, 1.82) is 0 Å². The van der Waals surface area contributed by atoms with Gasteiger partial charge in [-0.25, -0.2) is 8.42 Å². The fourth-order valence-electron chi connectivity index (χ4n) is 1.98. The molecule has 1 N–H and O–H groups in total. The van der Waals surface area contributed by atoms with Crippen LogP contribution in [0.5, 0.6) is 11.5 Å². The first-order chi connectivity index (χ1) is 12.7. The van der Waals surface area contributed by atoms with Crippen LogP contribution in [0, 0.1) is 11.8 Å². The Morgan fingerprint density at radius 1 is 1.04 bits per heavy atom. The molecule has 2 rings (SSSR count). The van der Waals surface area contributed by atoms with Gasteiger partial charge in [0.25, 0.3) is 0 Å². The monoisotopic (exact) mass is 399 g/mol. The molecule has 0 aliphatic rings. The molecule has 144 valence electrons. The molecule has 0 radical (unpaired) electrons. The predicted molar refractivity (Wildman–Crippen MR) is 92.9 cm³/mol. The molecule has 0 aromatic heterocycles. The minimum Gasteiger partial charge on any atom is -0.497 e. The molecule has 0 saturated carbocycles. The Hall–Kier alpha value is -2.70. The number of nitrogens with one attached hydrogen (secondary N) is 1. The van der Waals surface area contributed by atoms with Gasteiger partial charge in [-0.05, 0) is 30.3 Å². The Morgan fingerprint density at radius 3 is 2.44 bits per heavy atom. The van der Waals surface area contributed by atoms with Crippen LogP contribution in [-0.2, 0) is 16.2 Å². The van der Waals surface area contributed by atoms with E-state index < -0.39 is 21.8 Å². The number of methoxy groups -OCH3 is 1. The molecule has 0 bridgehead atoms. The molecule has 0 amide bonds. The van der Waals surface area contributed by atoms with Crippen LogP contribution in [0.15, 0.2) is 53.4 Å². The van der Waals surface area contributed by atoms with Crippen molar-refractivity contribution in [3.63, 3.8) is 0 Å². The lowest BCUT2D eigenvalue weighted by molar-refractivity contribution is -0.137. The molecule has 0 saturated heterocycles. The second-order valence-corrected chi connectivity index (χ2v) is 6.94. The summed E-state index contributed by atoms with van der Waals surface area (Å²) in [5.74, 6) is 5.50. The Morgan fingerprint density at radius 2 is 1.74 bits per heavy atom. The first-order valence-electron chi connectivity index (χ1n) is 7.62. The molecular formula is C18H16F3NO4S. The second-order valence-electron chi connectivity index (χ2n) is 5.17. The van der Waals surface area contributed by atoms with Crippen LogP contribution in [0.1, 0.15) is 5.56 Å². The van der Waals surface area contributed by atoms with Crippen molar-refractivity contribution in [1.82, 2.24) is 4.72 Å². The van der Waals surface area contributed by atoms with Gasteiger partial charge in [-0.2, -0.15) is 17.9 Å². The number of rotatable bonds is 6. The number of benzene rings is 2. The summed E-state index contributed by atoms with van der Waals surface area (Å²) in [5.41, 5.74) is -0.820. The van der Waals surface area contributed by atoms with Crippen molar-refractivity contribution in [2.24, 2.45) is 0 Å². The smallest absolute Gasteiger partial charge is 0.416 e. The zero-order valence-corrected chi connectivity index (χ0v) is 15.0. The molecule has 0 spiro atoms. The first-order valence-corrected chi connectivity index (χ1v) is 9.10. The lowest BCUT2D eigenvalue weighted by Crippen LogP contribution is -2.24. The molecule has 5 nitrogen and oxygen atoms in total. The zero-order valence-electron chi connectivity index (χ0n) is 14.2. The molecule has 0 aliphatic heterocycles. The van der Waals surface area contributed by atoms with Gasteiger partial charge in [-0.1, -0.05) is 24.0 Å². The van der Waals surface area contributed by atoms with Gasteiger partial charge in [0, 0.05) is 6.07 Å². The standard InChI is InChI=1S/C18H16F3NO4S/c1-25-15-7-5-9-17(13-15)27(23,24)22-10-2-3-11-26-16-8-4-6-14(12-16)18(19,20)21/h4-9,12-13,22H,10-11H2,1H3. The number of sulfonamides is 1. The normalized spacial score (nSPS) is 11.4. The highest BCUT2D eigenvalue weighted by molar-refractivity contribution is 7.89. The number of halogens is 3. The minimum atomic E-state index is -4.45. The number of alkyl halides is 3. The fraction of sp³-hybridized carbons (Fsp3) is 0.222. The van der Waals surface area contributed by atoms with E-state index in [9.17, 15) is 21.6 Å². The molecule has 0 fully saturated rings. The van der Waals surface area contributed by atoms with E-state index in [0.29, 0.717) is 5.75 Å². The average molecular weight is 399 g/mol. The SMILES string of the molecule is COc1cccc(S(=O)(=O)NCC#CCOc2cccc(C(F)(F)F)c2)c1. The molecule has 0 atom stereocenters. The van der Waals surface area contributed by atoms with E-state index in [0.717, 1.165) is 12.1 Å². The van der Waals surface area contributed by atoms with Crippen LogP contribution < -0.4 is 14.2 Å². The maximum Gasteiger partial charge on any atom is 0.416 e. The molecular weight excluding hydrogens is 383 g/mol. The summed E-state index contributed by atoms with van der Waals surface area (Å²) >= 11 is 0. The van der Waals surface area contributed by atoms with Crippen LogP contribution in [0.3, 0.4) is 0 Å². The van der Waals surface area contributed by atoms with Crippen LogP contribution in [-0.4, -0.2) is 28.7 Å². The Labute approximate surface area is 155 Å². The topological polar surface area (TPSA) is 64.6 Å². The van der Waals surface area contributed by atoms with Crippen molar-refractivity contribution < 1.29 is 31.1 Å². The zero-order chi connectivity index (χ0) is 19.9. The third-order valence-corrected chi connectivity index (χ3v) is 4.70. The number of hydrogen-bond acceptors (Lipinski definition) is 4. The van der Waals surface area contributed by atoms with E-state index in [4.69, 9.17) is 9.47 Å². The van der Waals surface area contributed by atoms with E-state index in [1.54, 1.807) is 12.1 Å². The summed E-state index contributed by atoms with van der Waals surface area (Å²) in [6.45, 7) is -0.353. The van der Waals surface area contributed by atoms with Gasteiger partial charge < -0.3 is 9.47 Å². The van der Waals surface area contributed by atoms with Crippen LogP contribution >= 0.6 is 0 Å². The Bertz CT molecular complexity index is 947. The molecule has 27 heavy (non-hydrogen) atoms. The van der Waals surface area contributed by atoms with Gasteiger partial charge in [-0.3, -0.25) is 0 Å². The maximum absolute atomic E-state index is 12.6. The summed E-state index contributed by atoms with van der Waals surface area (Å²) in [6.07, 6.45) is -4.45. The molecule has 0 heterocycles. The summed E-state index contributed by atoms with van der Waals surface area (Å²) in [4.78, 5) is 0.0314. The average Bonchev–Trinajstić information content (AvgIpc) is 2.64. The van der Waals surface area contributed by atoms with Crippen molar-refractivity contribution in [3.05, 3.63) is 54.1 Å². The summed E-state index contributed by atoms with van der Waals surface area (Å²) in [7, 11) is -2.33. The highest BCUT2D eigenvalue weighted by Gasteiger charge is 2.30. The highest BCUT2D eigenvalue weighted by Crippen LogP contribution is 2.31. The molecule has 0 aliphatic carbocycles. The van der Waals surface area contributed by atoms with E-state index in [-0.39, 0.29) is 23.8 Å². The highest BCUT2D eigenvalue weighted by atomic mass is 32.2. The summed E-state index contributed by atoms with van der Waals surface area (Å²) < 4.78 is 74.4. The van der Waals surface area contributed by atoms with Crippen molar-refractivity contribution in [3.8, 4) is 23.3 Å². The predicted octanol–water partition coefficient (Wildman–Crippen LogP) is 3.07. The van der Waals surface area contributed by atoms with Crippen LogP contribution in [0.4, 0.5) is 13.2 Å². The van der Waals surface area contributed by atoms with Gasteiger partial charge >= 0.3 is 6.18 Å². The molecule has 9 heteroatoms. The third-order valence-electron chi connectivity index (χ3n) is 3.30. The fourth-order valence-corrected chi connectivity index (χ4v) is 2.94. The third kappa shape index (κ3) is 6.20. The van der Waals surface area contributed by atoms with E-state index >= 15 is 0 Å². The van der Waals surface area contributed by atoms with Crippen molar-refractivity contribution >= 4 is 10.0 Å². The van der Waals surface area contributed by atoms with Crippen LogP contribution in [0.25, 0.3) is 0 Å². The lowest BCUT2D eigenvalue weighted by atomic mass is 10.2. The number of ether oxygens (including phenoxy) is 2. The quantitative estimate of drug-likeness (QED) is 0.759. The molecule has 2 aromatic rings. The largest absolute Gasteiger partial charge is 0.497 e. The number of hydrogen-bond donors (Lipinski definition) is 1. The minimum absolute atomic E-state index is 0.0242. The second kappa shape index (κ2) is 8.79. The van der Waals surface area contributed by atoms with Gasteiger partial charge in [0.2, 0.25) is 10.0 Å². The van der Waals surface area contributed by atoms with Gasteiger partial charge in [0.15, 0.2) is 0 Å². The molecule has 2 aromatic carbocycles.